The van der Waals surface area contributed by atoms with Crippen molar-refractivity contribution in [2.24, 2.45) is 5.73 Å². The van der Waals surface area contributed by atoms with Gasteiger partial charge < -0.3 is 15.7 Å². The standard InChI is InChI=1S/C9H17N3O3/c10-9(15)12-6-4-11(5-7-12)3-1-2-8(13)14/h1-7H2,(H2,10,15)(H,13,14). The maximum atomic E-state index is 10.8. The fourth-order valence-electron chi connectivity index (χ4n) is 1.65. The lowest BCUT2D eigenvalue weighted by Gasteiger charge is -2.33. The van der Waals surface area contributed by atoms with Gasteiger partial charge in [0.15, 0.2) is 0 Å². The number of piperazine rings is 1. The molecule has 1 rings (SSSR count). The van der Waals surface area contributed by atoms with E-state index in [0.717, 1.165) is 19.6 Å². The lowest BCUT2D eigenvalue weighted by molar-refractivity contribution is -0.137. The molecule has 0 saturated carbocycles. The molecule has 0 unspecified atom stereocenters. The lowest BCUT2D eigenvalue weighted by Crippen LogP contribution is -2.50. The number of hydrogen-bond acceptors (Lipinski definition) is 3. The zero-order valence-corrected chi connectivity index (χ0v) is 8.69. The second-order valence-electron chi connectivity index (χ2n) is 3.66. The molecule has 0 aromatic rings. The topological polar surface area (TPSA) is 86.9 Å². The molecule has 15 heavy (non-hydrogen) atoms. The number of urea groups is 1. The minimum atomic E-state index is -0.759. The predicted molar refractivity (Wildman–Crippen MR) is 54.5 cm³/mol. The van der Waals surface area contributed by atoms with Crippen LogP contribution in [0.5, 0.6) is 0 Å². The fourth-order valence-corrected chi connectivity index (χ4v) is 1.65. The zero-order chi connectivity index (χ0) is 11.3. The van der Waals surface area contributed by atoms with Crippen LogP contribution in [0.1, 0.15) is 12.8 Å². The molecule has 1 saturated heterocycles. The van der Waals surface area contributed by atoms with Gasteiger partial charge in [0, 0.05) is 32.6 Å². The molecule has 1 aliphatic heterocycles. The molecule has 1 heterocycles. The number of carbonyl (C=O) groups is 2. The van der Waals surface area contributed by atoms with Crippen molar-refractivity contribution in [1.29, 1.82) is 0 Å². The van der Waals surface area contributed by atoms with Crippen LogP contribution in [0.3, 0.4) is 0 Å². The first-order chi connectivity index (χ1) is 7.09. The molecule has 0 atom stereocenters. The predicted octanol–water partition coefficient (Wildman–Crippen LogP) is -0.452. The van der Waals surface area contributed by atoms with Gasteiger partial charge in [0.05, 0.1) is 0 Å². The molecule has 0 aromatic heterocycles. The molecule has 0 spiro atoms. The van der Waals surface area contributed by atoms with Crippen LogP contribution < -0.4 is 5.73 Å². The van der Waals surface area contributed by atoms with Gasteiger partial charge in [0.2, 0.25) is 0 Å². The van der Waals surface area contributed by atoms with E-state index in [9.17, 15) is 9.59 Å². The van der Waals surface area contributed by atoms with Gasteiger partial charge in [-0.2, -0.15) is 0 Å². The van der Waals surface area contributed by atoms with Crippen LogP contribution in [0, 0.1) is 0 Å². The normalized spacial score (nSPS) is 17.7. The molecular weight excluding hydrogens is 198 g/mol. The Labute approximate surface area is 88.6 Å². The van der Waals surface area contributed by atoms with Crippen LogP contribution in [-0.4, -0.2) is 59.6 Å². The summed E-state index contributed by atoms with van der Waals surface area (Å²) in [5, 5.41) is 8.47. The quantitative estimate of drug-likeness (QED) is 0.664. The van der Waals surface area contributed by atoms with E-state index in [2.05, 4.69) is 4.90 Å². The number of rotatable bonds is 4. The summed E-state index contributed by atoms with van der Waals surface area (Å²) in [6.45, 7) is 3.62. The number of carboxylic acid groups (broad SMARTS) is 1. The number of hydrogen-bond donors (Lipinski definition) is 2. The van der Waals surface area contributed by atoms with Gasteiger partial charge in [-0.15, -0.1) is 0 Å². The van der Waals surface area contributed by atoms with Crippen molar-refractivity contribution in [1.82, 2.24) is 9.80 Å². The summed E-state index contributed by atoms with van der Waals surface area (Å²) in [5.74, 6) is -0.759. The molecule has 0 radical (unpaired) electrons. The summed E-state index contributed by atoms with van der Waals surface area (Å²) in [6, 6.07) is -0.375. The smallest absolute Gasteiger partial charge is 0.314 e. The van der Waals surface area contributed by atoms with Crippen molar-refractivity contribution >= 4 is 12.0 Å². The number of carbonyl (C=O) groups excluding carboxylic acids is 1. The van der Waals surface area contributed by atoms with E-state index >= 15 is 0 Å². The van der Waals surface area contributed by atoms with Gasteiger partial charge in [-0.05, 0) is 13.0 Å². The summed E-state index contributed by atoms with van der Waals surface area (Å²) in [6.07, 6.45) is 0.863. The third-order valence-electron chi connectivity index (χ3n) is 2.55. The number of carboxylic acids is 1. The SMILES string of the molecule is NC(=O)N1CCN(CCCC(=O)O)CC1. The van der Waals surface area contributed by atoms with Crippen LogP contribution in [0.25, 0.3) is 0 Å². The van der Waals surface area contributed by atoms with E-state index in [-0.39, 0.29) is 12.5 Å². The summed E-state index contributed by atoms with van der Waals surface area (Å²) >= 11 is 0. The van der Waals surface area contributed by atoms with Crippen molar-refractivity contribution in [3.8, 4) is 0 Å². The van der Waals surface area contributed by atoms with E-state index in [1.807, 2.05) is 0 Å². The first-order valence-electron chi connectivity index (χ1n) is 5.08. The largest absolute Gasteiger partial charge is 0.481 e. The average Bonchev–Trinajstić information content (AvgIpc) is 2.18. The molecule has 1 aliphatic rings. The number of nitrogens with zero attached hydrogens (tertiary/aromatic N) is 2. The number of amides is 2. The molecule has 86 valence electrons. The Morgan fingerprint density at radius 2 is 1.80 bits per heavy atom. The zero-order valence-electron chi connectivity index (χ0n) is 8.69. The minimum absolute atomic E-state index is 0.204. The third kappa shape index (κ3) is 4.16. The minimum Gasteiger partial charge on any atom is -0.481 e. The Hall–Kier alpha value is -1.30. The van der Waals surface area contributed by atoms with Crippen molar-refractivity contribution in [3.63, 3.8) is 0 Å². The second kappa shape index (κ2) is 5.55. The van der Waals surface area contributed by atoms with Crippen LogP contribution in [0.2, 0.25) is 0 Å². The number of nitrogens with two attached hydrogens (primary N) is 1. The Bertz CT molecular complexity index is 234. The summed E-state index contributed by atoms with van der Waals surface area (Å²) < 4.78 is 0. The van der Waals surface area contributed by atoms with E-state index in [4.69, 9.17) is 10.8 Å². The number of primary amides is 1. The van der Waals surface area contributed by atoms with Gasteiger partial charge in [0.1, 0.15) is 0 Å². The summed E-state index contributed by atoms with van der Waals surface area (Å²) in [5.41, 5.74) is 5.14. The van der Waals surface area contributed by atoms with Gasteiger partial charge >= 0.3 is 12.0 Å². The van der Waals surface area contributed by atoms with Gasteiger partial charge in [-0.3, -0.25) is 9.69 Å². The number of aliphatic carboxylic acids is 1. The Balaban J connectivity index is 2.14. The van der Waals surface area contributed by atoms with E-state index in [1.165, 1.54) is 0 Å². The van der Waals surface area contributed by atoms with Crippen molar-refractivity contribution in [2.75, 3.05) is 32.7 Å². The highest BCUT2D eigenvalue weighted by atomic mass is 16.4. The second-order valence-corrected chi connectivity index (χ2v) is 3.66. The molecule has 0 aromatic carbocycles. The van der Waals surface area contributed by atoms with Crippen molar-refractivity contribution in [3.05, 3.63) is 0 Å². The first kappa shape index (κ1) is 11.8. The highest BCUT2D eigenvalue weighted by Gasteiger charge is 2.18. The third-order valence-corrected chi connectivity index (χ3v) is 2.55. The maximum Gasteiger partial charge on any atom is 0.314 e. The van der Waals surface area contributed by atoms with Crippen molar-refractivity contribution < 1.29 is 14.7 Å². The van der Waals surface area contributed by atoms with E-state index in [1.54, 1.807) is 4.90 Å². The molecule has 3 N–H and O–H groups in total. The van der Waals surface area contributed by atoms with E-state index in [0.29, 0.717) is 19.5 Å². The molecule has 2 amide bonds. The van der Waals surface area contributed by atoms with Crippen LogP contribution in [0.4, 0.5) is 4.79 Å². The highest BCUT2D eigenvalue weighted by molar-refractivity contribution is 5.72. The Morgan fingerprint density at radius 3 is 2.27 bits per heavy atom. The van der Waals surface area contributed by atoms with Crippen LogP contribution in [0.15, 0.2) is 0 Å². The maximum absolute atomic E-state index is 10.8. The fraction of sp³-hybridized carbons (Fsp3) is 0.778. The lowest BCUT2D eigenvalue weighted by atomic mass is 10.2. The highest BCUT2D eigenvalue weighted by Crippen LogP contribution is 2.03. The molecule has 1 fully saturated rings. The Morgan fingerprint density at radius 1 is 1.20 bits per heavy atom. The van der Waals surface area contributed by atoms with Crippen LogP contribution >= 0.6 is 0 Å². The first-order valence-corrected chi connectivity index (χ1v) is 5.08. The van der Waals surface area contributed by atoms with Gasteiger partial charge in [-0.1, -0.05) is 0 Å². The molecule has 6 heteroatoms. The van der Waals surface area contributed by atoms with E-state index < -0.39 is 5.97 Å². The molecule has 0 bridgehead atoms. The molecule has 0 aliphatic carbocycles. The Kier molecular flexibility index (Phi) is 4.36. The molecule has 6 nitrogen and oxygen atoms in total. The average molecular weight is 215 g/mol. The van der Waals surface area contributed by atoms with Gasteiger partial charge in [0.25, 0.3) is 0 Å². The van der Waals surface area contributed by atoms with Gasteiger partial charge in [-0.25, -0.2) is 4.79 Å². The summed E-state index contributed by atoms with van der Waals surface area (Å²) in [4.78, 5) is 24.9. The van der Waals surface area contributed by atoms with Crippen molar-refractivity contribution in [2.45, 2.75) is 12.8 Å². The molecular formula is C9H17N3O3. The monoisotopic (exact) mass is 215 g/mol. The summed E-state index contributed by atoms with van der Waals surface area (Å²) in [7, 11) is 0. The van der Waals surface area contributed by atoms with Crippen LogP contribution in [-0.2, 0) is 4.79 Å².